The number of aromatic amines is 1. The van der Waals surface area contributed by atoms with Crippen molar-refractivity contribution in [2.75, 3.05) is 0 Å². The molecule has 0 fully saturated rings. The second-order valence-corrected chi connectivity index (χ2v) is 6.69. The lowest BCUT2D eigenvalue weighted by atomic mass is 10.2. The quantitative estimate of drug-likeness (QED) is 0.568. The van der Waals surface area contributed by atoms with Crippen LogP contribution in [0.1, 0.15) is 11.1 Å². The molecule has 3 nitrogen and oxygen atoms in total. The van der Waals surface area contributed by atoms with Gasteiger partial charge in [-0.25, -0.2) is 9.37 Å². The van der Waals surface area contributed by atoms with Crippen LogP contribution in [0, 0.1) is 12.7 Å². The van der Waals surface area contributed by atoms with E-state index in [1.54, 1.807) is 12.1 Å². The van der Waals surface area contributed by atoms with Crippen molar-refractivity contribution in [2.45, 2.75) is 17.8 Å². The first kappa shape index (κ1) is 14.6. The van der Waals surface area contributed by atoms with Crippen LogP contribution in [0.4, 0.5) is 4.39 Å². The minimum atomic E-state index is -0.356. The summed E-state index contributed by atoms with van der Waals surface area (Å²) in [5, 5.41) is 3.36. The van der Waals surface area contributed by atoms with E-state index in [2.05, 4.69) is 9.97 Å². The first-order chi connectivity index (χ1) is 10.1. The van der Waals surface area contributed by atoms with Gasteiger partial charge in [-0.3, -0.25) is 4.79 Å². The number of H-pyrrole nitrogens is 1. The van der Waals surface area contributed by atoms with E-state index in [1.807, 2.05) is 12.3 Å². The van der Waals surface area contributed by atoms with Gasteiger partial charge in [0, 0.05) is 16.3 Å². The number of thiophene rings is 1. The molecule has 0 aliphatic carbocycles. The number of hydrogen-bond donors (Lipinski definition) is 1. The third-order valence-electron chi connectivity index (χ3n) is 3.02. The molecule has 7 heteroatoms. The second kappa shape index (κ2) is 5.79. The average molecular weight is 341 g/mol. The van der Waals surface area contributed by atoms with Gasteiger partial charge in [0.05, 0.1) is 5.39 Å². The summed E-state index contributed by atoms with van der Waals surface area (Å²) in [7, 11) is 0. The first-order valence-corrected chi connectivity index (χ1v) is 8.34. The fourth-order valence-electron chi connectivity index (χ4n) is 1.95. The molecule has 0 bridgehead atoms. The molecule has 0 saturated heterocycles. The zero-order valence-corrected chi connectivity index (χ0v) is 13.3. The average Bonchev–Trinajstić information content (AvgIpc) is 2.80. The largest absolute Gasteiger partial charge is 0.301 e. The predicted octanol–water partition coefficient (Wildman–Crippen LogP) is 4.38. The highest BCUT2D eigenvalue weighted by atomic mass is 35.5. The van der Waals surface area contributed by atoms with E-state index >= 15 is 0 Å². The fourth-order valence-corrected chi connectivity index (χ4v) is 4.13. The Hall–Kier alpha value is -1.37. The Morgan fingerprint density at radius 3 is 3.05 bits per heavy atom. The van der Waals surface area contributed by atoms with E-state index in [-0.39, 0.29) is 11.4 Å². The van der Waals surface area contributed by atoms with E-state index in [9.17, 15) is 9.18 Å². The molecule has 0 amide bonds. The summed E-state index contributed by atoms with van der Waals surface area (Å²) >= 11 is 8.66. The molecule has 0 atom stereocenters. The van der Waals surface area contributed by atoms with E-state index < -0.39 is 0 Å². The number of rotatable bonds is 3. The smallest absolute Gasteiger partial charge is 0.260 e. The Labute approximate surface area is 133 Å². The Bertz CT molecular complexity index is 855. The van der Waals surface area contributed by atoms with Gasteiger partial charge in [-0.2, -0.15) is 0 Å². The van der Waals surface area contributed by atoms with Gasteiger partial charge in [-0.15, -0.1) is 11.3 Å². The number of nitrogens with zero attached hydrogens (tertiary/aromatic N) is 1. The number of aryl methyl sites for hydroxylation is 1. The van der Waals surface area contributed by atoms with Gasteiger partial charge >= 0.3 is 0 Å². The minimum absolute atomic E-state index is 0.166. The normalized spacial score (nSPS) is 11.2. The summed E-state index contributed by atoms with van der Waals surface area (Å²) in [5.41, 5.74) is 1.16. The van der Waals surface area contributed by atoms with Crippen molar-refractivity contribution >= 4 is 44.9 Å². The van der Waals surface area contributed by atoms with Crippen LogP contribution in [0.2, 0.25) is 5.02 Å². The maximum absolute atomic E-state index is 13.7. The zero-order chi connectivity index (χ0) is 15.0. The van der Waals surface area contributed by atoms with Gasteiger partial charge in [-0.1, -0.05) is 29.4 Å². The molecule has 2 heterocycles. The molecule has 0 aliphatic heterocycles. The first-order valence-electron chi connectivity index (χ1n) is 6.10. The van der Waals surface area contributed by atoms with Crippen LogP contribution in [0.3, 0.4) is 0 Å². The van der Waals surface area contributed by atoms with Crippen LogP contribution >= 0.6 is 34.7 Å². The lowest BCUT2D eigenvalue weighted by molar-refractivity contribution is 0.617. The van der Waals surface area contributed by atoms with Crippen LogP contribution < -0.4 is 5.56 Å². The van der Waals surface area contributed by atoms with Crippen LogP contribution in [-0.2, 0) is 5.75 Å². The predicted molar refractivity (Wildman–Crippen MR) is 85.9 cm³/mol. The number of halogens is 2. The van der Waals surface area contributed by atoms with Gasteiger partial charge in [-0.05, 0) is 30.0 Å². The molecular formula is C14H10ClFN2OS2. The van der Waals surface area contributed by atoms with Crippen molar-refractivity contribution in [2.24, 2.45) is 0 Å². The number of hydrogen-bond acceptors (Lipinski definition) is 4. The molecule has 21 heavy (non-hydrogen) atoms. The Morgan fingerprint density at radius 2 is 2.29 bits per heavy atom. The van der Waals surface area contributed by atoms with Gasteiger partial charge in [0.25, 0.3) is 5.56 Å². The standard InChI is InChI=1S/C14H10ClFN2OS2/c1-7-5-20-13-11(7)12(19)17-14(18-13)21-6-8-9(15)3-2-4-10(8)16/h2-5H,6H2,1H3,(H,17,18,19). The van der Waals surface area contributed by atoms with Crippen LogP contribution in [0.25, 0.3) is 10.2 Å². The maximum Gasteiger partial charge on any atom is 0.260 e. The van der Waals surface area contributed by atoms with Crippen LogP contribution in [0.5, 0.6) is 0 Å². The van der Waals surface area contributed by atoms with Crippen molar-refractivity contribution in [1.29, 1.82) is 0 Å². The second-order valence-electron chi connectivity index (χ2n) is 4.46. The van der Waals surface area contributed by atoms with E-state index in [4.69, 9.17) is 11.6 Å². The summed E-state index contributed by atoms with van der Waals surface area (Å²) in [4.78, 5) is 19.8. The molecule has 3 rings (SSSR count). The summed E-state index contributed by atoms with van der Waals surface area (Å²) in [6.07, 6.45) is 0. The molecule has 1 N–H and O–H groups in total. The highest BCUT2D eigenvalue weighted by molar-refractivity contribution is 7.98. The molecule has 0 spiro atoms. The van der Waals surface area contributed by atoms with Gasteiger partial charge in [0.2, 0.25) is 0 Å². The molecule has 0 unspecified atom stereocenters. The number of aromatic nitrogens is 2. The monoisotopic (exact) mass is 340 g/mol. The molecular weight excluding hydrogens is 331 g/mol. The summed E-state index contributed by atoms with van der Waals surface area (Å²) in [6, 6.07) is 4.57. The topological polar surface area (TPSA) is 45.8 Å². The molecule has 2 aromatic heterocycles. The molecule has 1 aromatic carbocycles. The summed E-state index contributed by atoms with van der Waals surface area (Å²) in [5.74, 6) is -0.0463. The van der Waals surface area contributed by atoms with Crippen molar-refractivity contribution < 1.29 is 4.39 Å². The van der Waals surface area contributed by atoms with Crippen LogP contribution in [-0.4, -0.2) is 9.97 Å². The molecule has 3 aromatic rings. The van der Waals surface area contributed by atoms with Crippen molar-refractivity contribution in [1.82, 2.24) is 9.97 Å². The highest BCUT2D eigenvalue weighted by Crippen LogP contribution is 2.28. The summed E-state index contributed by atoms with van der Waals surface area (Å²) in [6.45, 7) is 1.88. The minimum Gasteiger partial charge on any atom is -0.301 e. The lowest BCUT2D eigenvalue weighted by Gasteiger charge is -2.05. The maximum atomic E-state index is 13.7. The Kier molecular flexibility index (Phi) is 4.01. The molecule has 0 saturated carbocycles. The van der Waals surface area contributed by atoms with Gasteiger partial charge in [0.15, 0.2) is 5.16 Å². The fraction of sp³-hybridized carbons (Fsp3) is 0.143. The third kappa shape index (κ3) is 2.84. The molecule has 0 aliphatic rings. The zero-order valence-electron chi connectivity index (χ0n) is 10.9. The van der Waals surface area contributed by atoms with Crippen molar-refractivity contribution in [3.63, 3.8) is 0 Å². The van der Waals surface area contributed by atoms with E-state index in [0.29, 0.717) is 31.7 Å². The van der Waals surface area contributed by atoms with Crippen molar-refractivity contribution in [3.05, 3.63) is 55.9 Å². The SMILES string of the molecule is Cc1csc2nc(SCc3c(F)cccc3Cl)[nH]c(=O)c12. The third-order valence-corrected chi connectivity index (χ3v) is 5.27. The number of thioether (sulfide) groups is 1. The highest BCUT2D eigenvalue weighted by Gasteiger charge is 2.11. The Morgan fingerprint density at radius 1 is 1.48 bits per heavy atom. The molecule has 0 radical (unpaired) electrons. The number of fused-ring (bicyclic) bond motifs is 1. The van der Waals surface area contributed by atoms with Gasteiger partial charge < -0.3 is 4.98 Å². The Balaban J connectivity index is 1.91. The van der Waals surface area contributed by atoms with E-state index in [0.717, 1.165) is 5.56 Å². The summed E-state index contributed by atoms with van der Waals surface area (Å²) < 4.78 is 13.7. The number of benzene rings is 1. The van der Waals surface area contributed by atoms with Gasteiger partial charge in [0.1, 0.15) is 10.6 Å². The van der Waals surface area contributed by atoms with Crippen molar-refractivity contribution in [3.8, 4) is 0 Å². The molecule has 108 valence electrons. The number of nitrogens with one attached hydrogen (secondary N) is 1. The lowest BCUT2D eigenvalue weighted by Crippen LogP contribution is -2.08. The van der Waals surface area contributed by atoms with Crippen LogP contribution in [0.15, 0.2) is 33.5 Å². The van der Waals surface area contributed by atoms with E-state index in [1.165, 1.54) is 29.2 Å².